The van der Waals surface area contributed by atoms with Gasteiger partial charge in [-0.2, -0.15) is 0 Å². The van der Waals surface area contributed by atoms with Crippen molar-refractivity contribution in [3.8, 4) is 0 Å². The van der Waals surface area contributed by atoms with E-state index >= 15 is 0 Å². The smallest absolute Gasteiger partial charge is 0.252 e. The zero-order valence-corrected chi connectivity index (χ0v) is 11.3. The molecule has 0 saturated carbocycles. The first-order valence-electron chi connectivity index (χ1n) is 6.45. The SMILES string of the molecule is CC(C[CH]CNC(=O)c1cccc2occc12)C(N)=O. The maximum atomic E-state index is 12.1. The lowest BCUT2D eigenvalue weighted by molar-refractivity contribution is -0.121. The Morgan fingerprint density at radius 1 is 1.40 bits per heavy atom. The molecule has 0 saturated heterocycles. The third-order valence-corrected chi connectivity index (χ3v) is 3.15. The van der Waals surface area contributed by atoms with Crippen LogP contribution >= 0.6 is 0 Å². The molecule has 2 rings (SSSR count). The number of benzene rings is 1. The van der Waals surface area contributed by atoms with Crippen molar-refractivity contribution >= 4 is 22.8 Å². The van der Waals surface area contributed by atoms with Crippen molar-refractivity contribution < 1.29 is 14.0 Å². The molecule has 105 valence electrons. The molecule has 0 bridgehead atoms. The van der Waals surface area contributed by atoms with Gasteiger partial charge in [0.25, 0.3) is 5.91 Å². The van der Waals surface area contributed by atoms with Gasteiger partial charge < -0.3 is 15.5 Å². The van der Waals surface area contributed by atoms with Gasteiger partial charge in [0.05, 0.1) is 11.8 Å². The van der Waals surface area contributed by atoms with Crippen LogP contribution in [0.5, 0.6) is 0 Å². The molecule has 2 aromatic rings. The molecule has 0 aliphatic rings. The van der Waals surface area contributed by atoms with E-state index in [4.69, 9.17) is 10.2 Å². The number of primary amides is 1. The molecule has 1 radical (unpaired) electrons. The van der Waals surface area contributed by atoms with E-state index in [0.717, 1.165) is 5.39 Å². The topological polar surface area (TPSA) is 85.3 Å². The third-order valence-electron chi connectivity index (χ3n) is 3.15. The summed E-state index contributed by atoms with van der Waals surface area (Å²) in [5, 5.41) is 3.57. The first-order valence-corrected chi connectivity index (χ1v) is 6.45. The molecule has 0 fully saturated rings. The van der Waals surface area contributed by atoms with E-state index in [1.54, 1.807) is 31.4 Å². The maximum Gasteiger partial charge on any atom is 0.252 e. The molecule has 20 heavy (non-hydrogen) atoms. The lowest BCUT2D eigenvalue weighted by Gasteiger charge is -2.08. The van der Waals surface area contributed by atoms with Gasteiger partial charge >= 0.3 is 0 Å². The van der Waals surface area contributed by atoms with Crippen molar-refractivity contribution in [3.63, 3.8) is 0 Å². The van der Waals surface area contributed by atoms with E-state index in [-0.39, 0.29) is 17.7 Å². The Labute approximate surface area is 117 Å². The Bertz CT molecular complexity index is 618. The van der Waals surface area contributed by atoms with Crippen molar-refractivity contribution in [1.29, 1.82) is 0 Å². The van der Waals surface area contributed by atoms with Crippen LogP contribution in [0.4, 0.5) is 0 Å². The van der Waals surface area contributed by atoms with Crippen LogP contribution in [0.3, 0.4) is 0 Å². The van der Waals surface area contributed by atoms with Crippen LogP contribution in [0.15, 0.2) is 34.9 Å². The average molecular weight is 273 g/mol. The summed E-state index contributed by atoms with van der Waals surface area (Å²) in [6, 6.07) is 7.11. The van der Waals surface area contributed by atoms with Crippen molar-refractivity contribution in [3.05, 3.63) is 42.5 Å². The molecule has 2 amide bonds. The van der Waals surface area contributed by atoms with Crippen LogP contribution in [0.1, 0.15) is 23.7 Å². The van der Waals surface area contributed by atoms with Crippen LogP contribution in [0, 0.1) is 12.3 Å². The Kier molecular flexibility index (Phi) is 4.40. The first-order chi connectivity index (χ1) is 9.59. The normalized spacial score (nSPS) is 12.2. The fraction of sp³-hybridized carbons (Fsp3) is 0.267. The van der Waals surface area contributed by atoms with Crippen LogP contribution in [-0.4, -0.2) is 18.4 Å². The molecule has 1 aromatic carbocycles. The molecule has 0 aliphatic heterocycles. The predicted octanol–water partition coefficient (Wildman–Crippen LogP) is 1.88. The second-order valence-electron chi connectivity index (χ2n) is 4.68. The standard InChI is InChI=1S/C15H17N2O3/c1-10(14(16)18)4-3-8-17-15(19)12-5-2-6-13-11(12)7-9-20-13/h2-3,5-7,9-10H,4,8H2,1H3,(H2,16,18)(H,17,19). The van der Waals surface area contributed by atoms with E-state index in [9.17, 15) is 9.59 Å². The molecular formula is C15H17N2O3. The minimum atomic E-state index is -0.337. The van der Waals surface area contributed by atoms with Gasteiger partial charge in [-0.25, -0.2) is 0 Å². The van der Waals surface area contributed by atoms with E-state index < -0.39 is 0 Å². The van der Waals surface area contributed by atoms with E-state index in [2.05, 4.69) is 5.32 Å². The highest BCUT2D eigenvalue weighted by atomic mass is 16.3. The Hall–Kier alpha value is -2.30. The van der Waals surface area contributed by atoms with Crippen LogP contribution in [0.2, 0.25) is 0 Å². The summed E-state index contributed by atoms with van der Waals surface area (Å²) in [4.78, 5) is 22.9. The van der Waals surface area contributed by atoms with Crippen LogP contribution in [0.25, 0.3) is 11.0 Å². The Balaban J connectivity index is 1.89. The lowest BCUT2D eigenvalue weighted by atomic mass is 10.1. The fourth-order valence-corrected chi connectivity index (χ4v) is 1.90. The summed E-state index contributed by atoms with van der Waals surface area (Å²) in [5.41, 5.74) is 6.42. The third kappa shape index (κ3) is 3.17. The molecule has 5 nitrogen and oxygen atoms in total. The van der Waals surface area contributed by atoms with Gasteiger partial charge in [-0.3, -0.25) is 9.59 Å². The number of carbonyl (C=O) groups excluding carboxylic acids is 2. The van der Waals surface area contributed by atoms with E-state index in [1.807, 2.05) is 12.5 Å². The molecule has 0 spiro atoms. The quantitative estimate of drug-likeness (QED) is 0.788. The van der Waals surface area contributed by atoms with Crippen LogP contribution in [-0.2, 0) is 4.79 Å². The van der Waals surface area contributed by atoms with E-state index in [0.29, 0.717) is 24.1 Å². The number of rotatable bonds is 6. The van der Waals surface area contributed by atoms with Gasteiger partial charge in [-0.1, -0.05) is 13.0 Å². The fourth-order valence-electron chi connectivity index (χ4n) is 1.90. The van der Waals surface area contributed by atoms with Crippen molar-refractivity contribution in [2.24, 2.45) is 11.7 Å². The Morgan fingerprint density at radius 2 is 2.20 bits per heavy atom. The summed E-state index contributed by atoms with van der Waals surface area (Å²) in [6.07, 6.45) is 3.94. The number of carbonyl (C=O) groups is 2. The summed E-state index contributed by atoms with van der Waals surface area (Å²) < 4.78 is 5.25. The number of amides is 2. The molecule has 5 heteroatoms. The maximum absolute atomic E-state index is 12.1. The number of furan rings is 1. The highest BCUT2D eigenvalue weighted by Crippen LogP contribution is 2.19. The zero-order chi connectivity index (χ0) is 14.5. The van der Waals surface area contributed by atoms with Gasteiger partial charge in [0.15, 0.2) is 0 Å². The minimum Gasteiger partial charge on any atom is -0.464 e. The second-order valence-corrected chi connectivity index (χ2v) is 4.68. The summed E-state index contributed by atoms with van der Waals surface area (Å²) in [7, 11) is 0. The van der Waals surface area contributed by atoms with Crippen molar-refractivity contribution in [2.75, 3.05) is 6.54 Å². The first kappa shape index (κ1) is 14.1. The molecular weight excluding hydrogens is 256 g/mol. The predicted molar refractivity (Wildman–Crippen MR) is 75.8 cm³/mol. The molecule has 1 aromatic heterocycles. The van der Waals surface area contributed by atoms with Gasteiger partial charge in [0.2, 0.25) is 5.91 Å². The minimum absolute atomic E-state index is 0.167. The molecule has 0 aliphatic carbocycles. The van der Waals surface area contributed by atoms with Crippen molar-refractivity contribution in [2.45, 2.75) is 13.3 Å². The highest BCUT2D eigenvalue weighted by molar-refractivity contribution is 6.05. The number of hydrogen-bond donors (Lipinski definition) is 2. The second kappa shape index (κ2) is 6.23. The number of fused-ring (bicyclic) bond motifs is 1. The zero-order valence-electron chi connectivity index (χ0n) is 11.3. The Morgan fingerprint density at radius 3 is 2.95 bits per heavy atom. The average Bonchev–Trinajstić information content (AvgIpc) is 2.90. The van der Waals surface area contributed by atoms with Gasteiger partial charge in [-0.05, 0) is 31.0 Å². The number of nitrogens with one attached hydrogen (secondary N) is 1. The van der Waals surface area contributed by atoms with Crippen molar-refractivity contribution in [1.82, 2.24) is 5.32 Å². The number of nitrogens with two attached hydrogens (primary N) is 1. The summed E-state index contributed by atoms with van der Waals surface area (Å²) in [6.45, 7) is 2.15. The summed E-state index contributed by atoms with van der Waals surface area (Å²) >= 11 is 0. The monoisotopic (exact) mass is 273 g/mol. The molecule has 1 atom stereocenters. The van der Waals surface area contributed by atoms with Gasteiger partial charge in [0.1, 0.15) is 5.58 Å². The largest absolute Gasteiger partial charge is 0.464 e. The number of hydrogen-bond acceptors (Lipinski definition) is 3. The van der Waals surface area contributed by atoms with Gasteiger partial charge in [0, 0.05) is 17.8 Å². The lowest BCUT2D eigenvalue weighted by Crippen LogP contribution is -2.26. The van der Waals surface area contributed by atoms with E-state index in [1.165, 1.54) is 0 Å². The molecule has 1 heterocycles. The van der Waals surface area contributed by atoms with Gasteiger partial charge in [-0.15, -0.1) is 0 Å². The highest BCUT2D eigenvalue weighted by Gasteiger charge is 2.12. The van der Waals surface area contributed by atoms with Crippen LogP contribution < -0.4 is 11.1 Å². The molecule has 3 N–H and O–H groups in total. The summed E-state index contributed by atoms with van der Waals surface area (Å²) in [5.74, 6) is -0.722. The molecule has 1 unspecified atom stereocenters.